The first-order valence-corrected chi connectivity index (χ1v) is 8.23. The first kappa shape index (κ1) is 20.6. The molecule has 0 radical (unpaired) electrons. The number of hydrogen-bond donors (Lipinski definition) is 0. The van der Waals surface area contributed by atoms with Crippen LogP contribution in [-0.4, -0.2) is 11.9 Å². The third-order valence-corrected chi connectivity index (χ3v) is 3.45. The van der Waals surface area contributed by atoms with Crippen molar-refractivity contribution >= 4 is 11.9 Å². The molecule has 0 aliphatic rings. The van der Waals surface area contributed by atoms with Gasteiger partial charge in [0.05, 0.1) is 0 Å². The summed E-state index contributed by atoms with van der Waals surface area (Å²) in [7, 11) is 0. The predicted octanol–water partition coefficient (Wildman–Crippen LogP) is 4.94. The lowest BCUT2D eigenvalue weighted by atomic mass is 10.1. The maximum absolute atomic E-state index is 14.2. The molecule has 0 aliphatic heterocycles. The van der Waals surface area contributed by atoms with Crippen molar-refractivity contribution in [1.82, 2.24) is 0 Å². The van der Waals surface area contributed by atoms with Crippen molar-refractivity contribution in [3.05, 3.63) is 85.1 Å². The summed E-state index contributed by atoms with van der Waals surface area (Å²) in [4.78, 5) is 22.7. The zero-order valence-corrected chi connectivity index (χ0v) is 15.5. The van der Waals surface area contributed by atoms with Gasteiger partial charge in [-0.25, -0.2) is 14.0 Å². The number of ether oxygens (including phenoxy) is 3. The minimum atomic E-state index is -0.685. The van der Waals surface area contributed by atoms with Crippen molar-refractivity contribution in [2.75, 3.05) is 0 Å². The van der Waals surface area contributed by atoms with Crippen LogP contribution in [0.2, 0.25) is 0 Å². The van der Waals surface area contributed by atoms with E-state index in [-0.39, 0.29) is 16.9 Å². The molecule has 0 aromatic heterocycles. The highest BCUT2D eigenvalue weighted by molar-refractivity contribution is 5.89. The van der Waals surface area contributed by atoms with E-state index >= 15 is 0 Å². The summed E-state index contributed by atoms with van der Waals surface area (Å²) in [6.07, 6.45) is 2.34. The number of rotatable bonds is 7. The molecule has 0 unspecified atom stereocenters. The molecule has 0 fully saturated rings. The molecule has 144 valence electrons. The number of halogens is 1. The molecule has 0 aliphatic carbocycles. The van der Waals surface area contributed by atoms with Crippen LogP contribution in [0, 0.1) is 5.82 Å². The first-order valence-electron chi connectivity index (χ1n) is 8.23. The topological polar surface area (TPSA) is 61.8 Å². The summed E-state index contributed by atoms with van der Waals surface area (Å²) in [5.74, 6) is -1.55. The zero-order chi connectivity index (χ0) is 20.7. The van der Waals surface area contributed by atoms with Crippen molar-refractivity contribution in [1.29, 1.82) is 0 Å². The second-order valence-electron chi connectivity index (χ2n) is 5.92. The van der Waals surface area contributed by atoms with Gasteiger partial charge >= 0.3 is 11.9 Å². The van der Waals surface area contributed by atoms with Crippen LogP contribution in [0.5, 0.6) is 11.5 Å². The van der Waals surface area contributed by atoms with Crippen LogP contribution in [-0.2, 0) is 14.3 Å². The van der Waals surface area contributed by atoms with E-state index in [2.05, 4.69) is 13.2 Å². The van der Waals surface area contributed by atoms with Crippen molar-refractivity contribution in [2.24, 2.45) is 0 Å². The highest BCUT2D eigenvalue weighted by Gasteiger charge is 2.11. The van der Waals surface area contributed by atoms with Gasteiger partial charge in [0.2, 0.25) is 0 Å². The molecule has 2 aromatic carbocycles. The third kappa shape index (κ3) is 5.67. The Bertz CT molecular complexity index is 942. The fourth-order valence-electron chi connectivity index (χ4n) is 1.97. The van der Waals surface area contributed by atoms with Gasteiger partial charge in [-0.3, -0.25) is 0 Å². The van der Waals surface area contributed by atoms with E-state index in [1.165, 1.54) is 32.2 Å². The Morgan fingerprint density at radius 1 is 0.893 bits per heavy atom. The van der Waals surface area contributed by atoms with Crippen LogP contribution in [0.4, 0.5) is 4.39 Å². The zero-order valence-electron chi connectivity index (χ0n) is 15.5. The standard InChI is InChI=1S/C22H19FO5/c1-14(2)21(24)27-12-11-26-18-8-5-16(6-9-18)17-7-10-20(19(23)13-17)28-22(25)15(3)4/h5-13H,1,3H2,2,4H3/b12-11-. The van der Waals surface area contributed by atoms with Crippen LogP contribution in [0.15, 0.2) is 79.3 Å². The lowest BCUT2D eigenvalue weighted by Crippen LogP contribution is -2.09. The van der Waals surface area contributed by atoms with E-state index in [1.807, 2.05) is 0 Å². The van der Waals surface area contributed by atoms with E-state index in [1.54, 1.807) is 30.3 Å². The molecule has 28 heavy (non-hydrogen) atoms. The molecule has 0 saturated heterocycles. The monoisotopic (exact) mass is 382 g/mol. The molecule has 0 atom stereocenters. The number of carbonyl (C=O) groups excluding carboxylic acids is 2. The van der Waals surface area contributed by atoms with Crippen LogP contribution in [0.3, 0.4) is 0 Å². The largest absolute Gasteiger partial charge is 0.462 e. The molecular weight excluding hydrogens is 363 g/mol. The molecule has 0 amide bonds. The summed E-state index contributed by atoms with van der Waals surface area (Å²) in [5.41, 5.74) is 1.80. The molecule has 0 spiro atoms. The third-order valence-electron chi connectivity index (χ3n) is 3.45. The Hall–Kier alpha value is -3.67. The predicted molar refractivity (Wildman–Crippen MR) is 103 cm³/mol. The normalized spacial score (nSPS) is 10.4. The van der Waals surface area contributed by atoms with Gasteiger partial charge in [-0.05, 0) is 49.2 Å². The molecule has 0 heterocycles. The number of benzene rings is 2. The van der Waals surface area contributed by atoms with Crippen molar-refractivity contribution in [3.8, 4) is 22.6 Å². The molecule has 6 heteroatoms. The van der Waals surface area contributed by atoms with E-state index < -0.39 is 17.8 Å². The average molecular weight is 382 g/mol. The maximum atomic E-state index is 14.2. The summed E-state index contributed by atoms with van der Waals surface area (Å²) >= 11 is 0. The molecular formula is C22H19FO5. The van der Waals surface area contributed by atoms with Crippen LogP contribution in [0.1, 0.15) is 13.8 Å². The van der Waals surface area contributed by atoms with Gasteiger partial charge in [0.25, 0.3) is 0 Å². The Morgan fingerprint density at radius 3 is 2.07 bits per heavy atom. The Kier molecular flexibility index (Phi) is 6.87. The fraction of sp³-hybridized carbons (Fsp3) is 0.0909. The van der Waals surface area contributed by atoms with Gasteiger partial charge in [-0.15, -0.1) is 0 Å². The van der Waals surface area contributed by atoms with Gasteiger partial charge in [-0.2, -0.15) is 0 Å². The molecule has 0 N–H and O–H groups in total. The molecule has 5 nitrogen and oxygen atoms in total. The Labute approximate surface area is 162 Å². The van der Waals surface area contributed by atoms with Gasteiger partial charge < -0.3 is 14.2 Å². The summed E-state index contributed by atoms with van der Waals surface area (Å²) in [5, 5.41) is 0. The van der Waals surface area contributed by atoms with Crippen LogP contribution in [0.25, 0.3) is 11.1 Å². The van der Waals surface area contributed by atoms with Crippen LogP contribution >= 0.6 is 0 Å². The average Bonchev–Trinajstić information content (AvgIpc) is 2.66. The molecule has 0 saturated carbocycles. The Balaban J connectivity index is 2.03. The quantitative estimate of drug-likeness (QED) is 0.294. The first-order chi connectivity index (χ1) is 13.3. The summed E-state index contributed by atoms with van der Waals surface area (Å²) in [6.45, 7) is 9.94. The van der Waals surface area contributed by atoms with Crippen LogP contribution < -0.4 is 9.47 Å². The smallest absolute Gasteiger partial charge is 0.338 e. The second kappa shape index (κ2) is 9.32. The van der Waals surface area contributed by atoms with Gasteiger partial charge in [0.1, 0.15) is 18.3 Å². The molecule has 0 bridgehead atoms. The van der Waals surface area contributed by atoms with E-state index in [9.17, 15) is 14.0 Å². The number of carbonyl (C=O) groups is 2. The summed E-state index contributed by atoms with van der Waals surface area (Å²) < 4.78 is 29.2. The number of hydrogen-bond acceptors (Lipinski definition) is 5. The molecule has 2 aromatic rings. The number of esters is 2. The lowest BCUT2D eigenvalue weighted by molar-refractivity contribution is -0.133. The van der Waals surface area contributed by atoms with Gasteiger partial charge in [0, 0.05) is 11.1 Å². The minimum absolute atomic E-state index is 0.161. The maximum Gasteiger partial charge on any atom is 0.338 e. The SMILES string of the molecule is C=C(C)C(=O)O/C=C\Oc1ccc(-c2ccc(OC(=O)C(=C)C)c(F)c2)cc1. The minimum Gasteiger partial charge on any atom is -0.462 e. The summed E-state index contributed by atoms with van der Waals surface area (Å²) in [6, 6.07) is 11.1. The van der Waals surface area contributed by atoms with Crippen molar-refractivity contribution < 1.29 is 28.2 Å². The fourth-order valence-corrected chi connectivity index (χ4v) is 1.97. The van der Waals surface area contributed by atoms with E-state index in [0.717, 1.165) is 11.8 Å². The van der Waals surface area contributed by atoms with Crippen molar-refractivity contribution in [3.63, 3.8) is 0 Å². The van der Waals surface area contributed by atoms with Gasteiger partial charge in [-0.1, -0.05) is 31.4 Å². The van der Waals surface area contributed by atoms with E-state index in [0.29, 0.717) is 11.3 Å². The highest BCUT2D eigenvalue weighted by Crippen LogP contribution is 2.27. The van der Waals surface area contributed by atoms with Crippen molar-refractivity contribution in [2.45, 2.75) is 13.8 Å². The molecule has 2 rings (SSSR count). The second-order valence-corrected chi connectivity index (χ2v) is 5.92. The lowest BCUT2D eigenvalue weighted by Gasteiger charge is -2.08. The van der Waals surface area contributed by atoms with Gasteiger partial charge in [0.15, 0.2) is 11.6 Å². The highest BCUT2D eigenvalue weighted by atomic mass is 19.1. The van der Waals surface area contributed by atoms with E-state index in [4.69, 9.17) is 14.2 Å². The Morgan fingerprint density at radius 2 is 1.50 bits per heavy atom.